The van der Waals surface area contributed by atoms with Crippen molar-refractivity contribution in [2.45, 2.75) is 13.5 Å². The third-order valence-electron chi connectivity index (χ3n) is 5.83. The van der Waals surface area contributed by atoms with Crippen molar-refractivity contribution in [2.24, 2.45) is 5.73 Å². The summed E-state index contributed by atoms with van der Waals surface area (Å²) in [6.07, 6.45) is 0. The fourth-order valence-electron chi connectivity index (χ4n) is 4.44. The molecule has 3 nitrogen and oxygen atoms in total. The molecule has 0 saturated carbocycles. The van der Waals surface area contributed by atoms with Gasteiger partial charge in [0, 0.05) is 38.5 Å². The Morgan fingerprint density at radius 2 is 1.59 bits per heavy atom. The molecule has 4 aromatic carbocycles. The molecule has 0 unspecified atom stereocenters. The molecule has 5 aromatic rings. The van der Waals surface area contributed by atoms with Gasteiger partial charge < -0.3 is 10.3 Å². The molecule has 0 aliphatic rings. The number of amides is 1. The Kier molecular flexibility index (Phi) is 5.16. The highest BCUT2D eigenvalue weighted by atomic mass is 35.5. The van der Waals surface area contributed by atoms with Gasteiger partial charge in [-0.05, 0) is 48.4 Å². The number of carbonyl (C=O) groups is 1. The summed E-state index contributed by atoms with van der Waals surface area (Å²) in [5.41, 5.74) is 12.3. The molecule has 0 bridgehead atoms. The number of aryl methyl sites for hydroxylation is 1. The molecule has 32 heavy (non-hydrogen) atoms. The Balaban J connectivity index is 1.84. The molecule has 0 fully saturated rings. The SMILES string of the molecule is Cc1cccc(Cn2c3cc(-c4c(Cl)cccc4Cl)ccc3c3c(C(N)=O)cccc32)c1. The van der Waals surface area contributed by atoms with Crippen molar-refractivity contribution in [2.75, 3.05) is 0 Å². The highest BCUT2D eigenvalue weighted by Gasteiger charge is 2.18. The molecule has 0 spiro atoms. The van der Waals surface area contributed by atoms with Crippen LogP contribution in [-0.2, 0) is 6.54 Å². The Morgan fingerprint density at radius 3 is 2.31 bits per heavy atom. The van der Waals surface area contributed by atoms with Crippen molar-refractivity contribution in [3.8, 4) is 11.1 Å². The number of carbonyl (C=O) groups excluding carboxylic acids is 1. The fraction of sp³-hybridized carbons (Fsp3) is 0.0741. The third kappa shape index (κ3) is 3.44. The van der Waals surface area contributed by atoms with Gasteiger partial charge in [-0.3, -0.25) is 4.79 Å². The van der Waals surface area contributed by atoms with E-state index < -0.39 is 5.91 Å². The monoisotopic (exact) mass is 458 g/mol. The average molecular weight is 459 g/mol. The minimum atomic E-state index is -0.441. The minimum Gasteiger partial charge on any atom is -0.366 e. The second-order valence-corrected chi connectivity index (χ2v) is 8.78. The number of fused-ring (bicyclic) bond motifs is 3. The zero-order valence-electron chi connectivity index (χ0n) is 17.4. The number of hydrogen-bond donors (Lipinski definition) is 1. The lowest BCUT2D eigenvalue weighted by atomic mass is 10.0. The molecule has 158 valence electrons. The van der Waals surface area contributed by atoms with Crippen LogP contribution in [0.4, 0.5) is 0 Å². The maximum Gasteiger partial charge on any atom is 0.249 e. The molecular weight excluding hydrogens is 439 g/mol. The van der Waals surface area contributed by atoms with E-state index in [1.165, 1.54) is 11.1 Å². The van der Waals surface area contributed by atoms with Crippen molar-refractivity contribution in [3.63, 3.8) is 0 Å². The number of halogens is 2. The summed E-state index contributed by atoms with van der Waals surface area (Å²) in [5, 5.41) is 3.01. The van der Waals surface area contributed by atoms with Crippen LogP contribution in [0.25, 0.3) is 32.9 Å². The number of hydrogen-bond acceptors (Lipinski definition) is 1. The van der Waals surface area contributed by atoms with Crippen LogP contribution in [0.1, 0.15) is 21.5 Å². The lowest BCUT2D eigenvalue weighted by molar-refractivity contribution is 0.100. The standard InChI is InChI=1S/C27H20Cl2N2O/c1-16-5-2-6-17(13-16)15-31-23-10-3-7-20(27(30)32)26(23)19-12-11-18(14-24(19)31)25-21(28)8-4-9-22(25)29/h2-14H,15H2,1H3,(H2,30,32). The van der Waals surface area contributed by atoms with Crippen LogP contribution in [0.2, 0.25) is 10.0 Å². The summed E-state index contributed by atoms with van der Waals surface area (Å²) in [7, 11) is 0. The molecule has 1 amide bonds. The highest BCUT2D eigenvalue weighted by Crippen LogP contribution is 2.39. The second kappa shape index (κ2) is 8.01. The van der Waals surface area contributed by atoms with Gasteiger partial charge in [0.2, 0.25) is 5.91 Å². The average Bonchev–Trinajstić information content (AvgIpc) is 3.07. The van der Waals surface area contributed by atoms with E-state index in [1.54, 1.807) is 6.07 Å². The van der Waals surface area contributed by atoms with Gasteiger partial charge in [-0.2, -0.15) is 0 Å². The van der Waals surface area contributed by atoms with Gasteiger partial charge in [0.15, 0.2) is 0 Å². The van der Waals surface area contributed by atoms with E-state index >= 15 is 0 Å². The van der Waals surface area contributed by atoms with E-state index in [4.69, 9.17) is 28.9 Å². The van der Waals surface area contributed by atoms with Crippen molar-refractivity contribution < 1.29 is 4.79 Å². The number of primary amides is 1. The molecular formula is C27H20Cl2N2O. The Morgan fingerprint density at radius 1 is 0.875 bits per heavy atom. The van der Waals surface area contributed by atoms with Crippen LogP contribution < -0.4 is 5.73 Å². The summed E-state index contributed by atoms with van der Waals surface area (Å²) >= 11 is 13.0. The number of aromatic nitrogens is 1. The van der Waals surface area contributed by atoms with Crippen molar-refractivity contribution >= 4 is 50.9 Å². The lowest BCUT2D eigenvalue weighted by Crippen LogP contribution is -2.11. The predicted molar refractivity (Wildman–Crippen MR) is 134 cm³/mol. The molecule has 2 N–H and O–H groups in total. The highest BCUT2D eigenvalue weighted by molar-refractivity contribution is 6.39. The molecule has 5 rings (SSSR count). The number of nitrogens with two attached hydrogens (primary N) is 1. The van der Waals surface area contributed by atoms with E-state index in [9.17, 15) is 4.79 Å². The van der Waals surface area contributed by atoms with Crippen molar-refractivity contribution in [3.05, 3.63) is 106 Å². The minimum absolute atomic E-state index is 0.441. The van der Waals surface area contributed by atoms with E-state index in [-0.39, 0.29) is 0 Å². The first-order chi connectivity index (χ1) is 15.4. The second-order valence-electron chi connectivity index (χ2n) is 7.97. The van der Waals surface area contributed by atoms with E-state index in [0.717, 1.165) is 32.9 Å². The number of rotatable bonds is 4. The van der Waals surface area contributed by atoms with Crippen LogP contribution in [0, 0.1) is 6.92 Å². The summed E-state index contributed by atoms with van der Waals surface area (Å²) in [5.74, 6) is -0.441. The molecule has 0 atom stereocenters. The molecule has 0 radical (unpaired) electrons. The fourth-order valence-corrected chi connectivity index (χ4v) is 5.06. The van der Waals surface area contributed by atoms with E-state index in [2.05, 4.69) is 41.8 Å². The summed E-state index contributed by atoms with van der Waals surface area (Å²) < 4.78 is 2.22. The van der Waals surface area contributed by atoms with Gasteiger partial charge in [0.05, 0.1) is 11.0 Å². The zero-order valence-corrected chi connectivity index (χ0v) is 18.9. The van der Waals surface area contributed by atoms with Gasteiger partial charge in [-0.25, -0.2) is 0 Å². The first-order valence-electron chi connectivity index (χ1n) is 10.3. The smallest absolute Gasteiger partial charge is 0.249 e. The summed E-state index contributed by atoms with van der Waals surface area (Å²) in [6, 6.07) is 25.7. The predicted octanol–water partition coefficient (Wildman–Crippen LogP) is 7.22. The maximum absolute atomic E-state index is 12.2. The molecule has 0 saturated heterocycles. The lowest BCUT2D eigenvalue weighted by Gasteiger charge is -2.11. The Hall–Kier alpha value is -3.27. The first kappa shape index (κ1) is 20.6. The quantitative estimate of drug-likeness (QED) is 0.303. The zero-order chi connectivity index (χ0) is 22.4. The molecule has 5 heteroatoms. The van der Waals surface area contributed by atoms with Gasteiger partial charge in [-0.1, -0.05) is 77.3 Å². The van der Waals surface area contributed by atoms with Gasteiger partial charge in [0.25, 0.3) is 0 Å². The molecule has 0 aliphatic carbocycles. The topological polar surface area (TPSA) is 48.0 Å². The van der Waals surface area contributed by atoms with E-state index in [0.29, 0.717) is 22.2 Å². The van der Waals surface area contributed by atoms with Gasteiger partial charge >= 0.3 is 0 Å². The maximum atomic E-state index is 12.2. The van der Waals surface area contributed by atoms with Crippen LogP contribution >= 0.6 is 23.2 Å². The first-order valence-corrected chi connectivity index (χ1v) is 11.0. The largest absolute Gasteiger partial charge is 0.366 e. The van der Waals surface area contributed by atoms with E-state index in [1.807, 2.05) is 42.5 Å². The van der Waals surface area contributed by atoms with Gasteiger partial charge in [0.1, 0.15) is 0 Å². The number of benzene rings is 4. The normalized spacial score (nSPS) is 11.3. The Bertz CT molecular complexity index is 1500. The van der Waals surface area contributed by atoms with Crippen molar-refractivity contribution in [1.29, 1.82) is 0 Å². The Labute approximate surface area is 196 Å². The summed E-state index contributed by atoms with van der Waals surface area (Å²) in [4.78, 5) is 12.2. The molecule has 1 aromatic heterocycles. The number of nitrogens with zero attached hydrogens (tertiary/aromatic N) is 1. The third-order valence-corrected chi connectivity index (χ3v) is 6.46. The van der Waals surface area contributed by atoms with Crippen LogP contribution in [0.5, 0.6) is 0 Å². The van der Waals surface area contributed by atoms with Crippen LogP contribution in [-0.4, -0.2) is 10.5 Å². The van der Waals surface area contributed by atoms with Crippen LogP contribution in [0.3, 0.4) is 0 Å². The molecule has 1 heterocycles. The van der Waals surface area contributed by atoms with Gasteiger partial charge in [-0.15, -0.1) is 0 Å². The molecule has 0 aliphatic heterocycles. The summed E-state index contributed by atoms with van der Waals surface area (Å²) in [6.45, 7) is 2.74. The van der Waals surface area contributed by atoms with Crippen molar-refractivity contribution in [1.82, 2.24) is 4.57 Å². The van der Waals surface area contributed by atoms with Crippen LogP contribution in [0.15, 0.2) is 78.9 Å².